The van der Waals surface area contributed by atoms with Crippen molar-refractivity contribution in [2.45, 2.75) is 58.7 Å². The Morgan fingerprint density at radius 2 is 1.72 bits per heavy atom. The molecule has 1 saturated heterocycles. The highest BCUT2D eigenvalue weighted by atomic mass is 16.6. The standard InChI is InChI=1S/C21H29N3O5/c1-5-28-18(25)14-23-16-8-6-7-9-17(16)24(19(23)26)15-10-12-22(13-11-15)20(27)29-21(2,3)4/h6-9,15H,5,10-14H2,1-4H3. The van der Waals surface area contributed by atoms with Gasteiger partial charge in [0.1, 0.15) is 12.1 Å². The summed E-state index contributed by atoms with van der Waals surface area (Å²) in [5, 5.41) is 0. The number of hydrogen-bond donors (Lipinski definition) is 0. The Morgan fingerprint density at radius 3 is 2.31 bits per heavy atom. The van der Waals surface area contributed by atoms with E-state index in [9.17, 15) is 14.4 Å². The molecule has 8 nitrogen and oxygen atoms in total. The maximum Gasteiger partial charge on any atom is 0.410 e. The average molecular weight is 403 g/mol. The summed E-state index contributed by atoms with van der Waals surface area (Å²) in [5.41, 5.74) is 0.735. The highest BCUT2D eigenvalue weighted by Crippen LogP contribution is 2.26. The third-order valence-electron chi connectivity index (χ3n) is 4.94. The third-order valence-corrected chi connectivity index (χ3v) is 4.94. The number of piperidine rings is 1. The molecule has 158 valence electrons. The molecule has 0 unspecified atom stereocenters. The molecule has 0 atom stereocenters. The number of imidazole rings is 1. The van der Waals surface area contributed by atoms with Gasteiger partial charge in [0, 0.05) is 19.1 Å². The molecule has 1 aromatic heterocycles. The Balaban J connectivity index is 1.82. The second-order valence-electron chi connectivity index (χ2n) is 8.23. The number of esters is 1. The molecule has 1 amide bonds. The summed E-state index contributed by atoms with van der Waals surface area (Å²) in [4.78, 5) is 39.1. The highest BCUT2D eigenvalue weighted by molar-refractivity contribution is 5.79. The molecule has 0 saturated carbocycles. The van der Waals surface area contributed by atoms with Crippen molar-refractivity contribution < 1.29 is 19.1 Å². The number of hydrogen-bond acceptors (Lipinski definition) is 5. The largest absolute Gasteiger partial charge is 0.465 e. The van der Waals surface area contributed by atoms with E-state index in [2.05, 4.69) is 0 Å². The number of para-hydroxylation sites is 2. The Morgan fingerprint density at radius 1 is 1.10 bits per heavy atom. The van der Waals surface area contributed by atoms with Gasteiger partial charge in [-0.25, -0.2) is 9.59 Å². The fourth-order valence-corrected chi connectivity index (χ4v) is 3.71. The lowest BCUT2D eigenvalue weighted by atomic mass is 10.0. The molecule has 0 radical (unpaired) electrons. The number of fused-ring (bicyclic) bond motifs is 1. The van der Waals surface area contributed by atoms with E-state index in [-0.39, 0.29) is 31.0 Å². The zero-order valence-electron chi connectivity index (χ0n) is 17.5. The van der Waals surface area contributed by atoms with Crippen LogP contribution in [0, 0.1) is 0 Å². The second kappa shape index (κ2) is 8.31. The number of benzene rings is 1. The van der Waals surface area contributed by atoms with Crippen LogP contribution in [0.1, 0.15) is 46.6 Å². The van der Waals surface area contributed by atoms with Crippen molar-refractivity contribution in [1.82, 2.24) is 14.0 Å². The molecule has 1 aromatic carbocycles. The summed E-state index contributed by atoms with van der Waals surface area (Å²) in [6.45, 7) is 8.46. The summed E-state index contributed by atoms with van der Waals surface area (Å²) >= 11 is 0. The van der Waals surface area contributed by atoms with Crippen molar-refractivity contribution in [3.8, 4) is 0 Å². The van der Waals surface area contributed by atoms with Crippen LogP contribution in [0.25, 0.3) is 11.0 Å². The lowest BCUT2D eigenvalue weighted by Gasteiger charge is -2.33. The maximum absolute atomic E-state index is 13.1. The van der Waals surface area contributed by atoms with Crippen LogP contribution < -0.4 is 5.69 Å². The zero-order chi connectivity index (χ0) is 21.2. The van der Waals surface area contributed by atoms with E-state index in [1.807, 2.05) is 45.0 Å². The van der Waals surface area contributed by atoms with Gasteiger partial charge in [0.2, 0.25) is 0 Å². The van der Waals surface area contributed by atoms with E-state index in [1.165, 1.54) is 4.57 Å². The first-order valence-electron chi connectivity index (χ1n) is 10.0. The van der Waals surface area contributed by atoms with Gasteiger partial charge in [-0.3, -0.25) is 13.9 Å². The minimum absolute atomic E-state index is 0.0467. The summed E-state index contributed by atoms with van der Waals surface area (Å²) in [7, 11) is 0. The number of ether oxygens (including phenoxy) is 2. The molecule has 2 heterocycles. The Hall–Kier alpha value is -2.77. The lowest BCUT2D eigenvalue weighted by molar-refractivity contribution is -0.143. The maximum atomic E-state index is 13.1. The van der Waals surface area contributed by atoms with Gasteiger partial charge >= 0.3 is 17.8 Å². The topological polar surface area (TPSA) is 82.8 Å². The minimum Gasteiger partial charge on any atom is -0.465 e. The number of nitrogens with zero attached hydrogens (tertiary/aromatic N) is 3. The van der Waals surface area contributed by atoms with Gasteiger partial charge in [0.05, 0.1) is 17.6 Å². The monoisotopic (exact) mass is 403 g/mol. The van der Waals surface area contributed by atoms with Crippen molar-refractivity contribution in [1.29, 1.82) is 0 Å². The average Bonchev–Trinajstić information content (AvgIpc) is 2.93. The summed E-state index contributed by atoms with van der Waals surface area (Å²) in [5.74, 6) is -0.433. The Labute approximate surface area is 170 Å². The van der Waals surface area contributed by atoms with E-state index in [4.69, 9.17) is 9.47 Å². The number of carbonyl (C=O) groups is 2. The highest BCUT2D eigenvalue weighted by Gasteiger charge is 2.30. The van der Waals surface area contributed by atoms with E-state index in [1.54, 1.807) is 16.4 Å². The summed E-state index contributed by atoms with van der Waals surface area (Å²) in [6, 6.07) is 7.40. The summed E-state index contributed by atoms with van der Waals surface area (Å²) < 4.78 is 13.7. The molecule has 2 aromatic rings. The zero-order valence-corrected chi connectivity index (χ0v) is 17.5. The first-order chi connectivity index (χ1) is 13.7. The lowest BCUT2D eigenvalue weighted by Crippen LogP contribution is -2.43. The van der Waals surface area contributed by atoms with Crippen molar-refractivity contribution in [2.24, 2.45) is 0 Å². The van der Waals surface area contributed by atoms with Crippen LogP contribution in [-0.4, -0.2) is 51.4 Å². The van der Waals surface area contributed by atoms with E-state index < -0.39 is 11.6 Å². The first kappa shape index (κ1) is 21.0. The van der Waals surface area contributed by atoms with Crippen LogP contribution >= 0.6 is 0 Å². The molecule has 0 aliphatic carbocycles. The molecule has 3 rings (SSSR count). The molecule has 1 aliphatic heterocycles. The molecule has 0 bridgehead atoms. The fourth-order valence-electron chi connectivity index (χ4n) is 3.71. The number of rotatable bonds is 4. The van der Waals surface area contributed by atoms with Gasteiger partial charge in [0.25, 0.3) is 0 Å². The van der Waals surface area contributed by atoms with Gasteiger partial charge in [0.15, 0.2) is 0 Å². The van der Waals surface area contributed by atoms with Crippen LogP contribution in [0.15, 0.2) is 29.1 Å². The molecule has 1 aliphatic rings. The molecule has 29 heavy (non-hydrogen) atoms. The van der Waals surface area contributed by atoms with Crippen LogP contribution in [-0.2, 0) is 20.8 Å². The number of likely N-dealkylation sites (tertiary alicyclic amines) is 1. The van der Waals surface area contributed by atoms with Crippen molar-refractivity contribution in [3.05, 3.63) is 34.7 Å². The molecular formula is C21H29N3O5. The van der Waals surface area contributed by atoms with Gasteiger partial charge in [-0.05, 0) is 52.7 Å². The molecule has 0 spiro atoms. The van der Waals surface area contributed by atoms with Crippen molar-refractivity contribution >= 4 is 23.1 Å². The van der Waals surface area contributed by atoms with Crippen molar-refractivity contribution in [3.63, 3.8) is 0 Å². The first-order valence-corrected chi connectivity index (χ1v) is 10.0. The molecule has 1 fully saturated rings. The van der Waals surface area contributed by atoms with Gasteiger partial charge < -0.3 is 14.4 Å². The Bertz CT molecular complexity index is 945. The predicted octanol–water partition coefficient (Wildman–Crippen LogP) is 2.94. The van der Waals surface area contributed by atoms with Gasteiger partial charge in [-0.1, -0.05) is 12.1 Å². The number of carbonyl (C=O) groups excluding carboxylic acids is 2. The van der Waals surface area contributed by atoms with E-state index in [0.29, 0.717) is 31.4 Å². The van der Waals surface area contributed by atoms with Crippen LogP contribution in [0.4, 0.5) is 4.79 Å². The van der Waals surface area contributed by atoms with Crippen LogP contribution in [0.2, 0.25) is 0 Å². The Kier molecular flexibility index (Phi) is 6.00. The van der Waals surface area contributed by atoms with Gasteiger partial charge in [-0.2, -0.15) is 0 Å². The normalized spacial score (nSPS) is 15.5. The SMILES string of the molecule is CCOC(=O)Cn1c(=O)n(C2CCN(C(=O)OC(C)(C)C)CC2)c2ccccc21. The van der Waals surface area contributed by atoms with Gasteiger partial charge in [-0.15, -0.1) is 0 Å². The molecular weight excluding hydrogens is 374 g/mol. The van der Waals surface area contributed by atoms with Crippen LogP contribution in [0.5, 0.6) is 0 Å². The molecule has 8 heteroatoms. The smallest absolute Gasteiger partial charge is 0.410 e. The quantitative estimate of drug-likeness (QED) is 0.733. The molecule has 0 N–H and O–H groups in total. The minimum atomic E-state index is -0.536. The third kappa shape index (κ3) is 4.63. The second-order valence-corrected chi connectivity index (χ2v) is 8.23. The van der Waals surface area contributed by atoms with Crippen LogP contribution in [0.3, 0.4) is 0 Å². The predicted molar refractivity (Wildman–Crippen MR) is 109 cm³/mol. The van der Waals surface area contributed by atoms with Crippen molar-refractivity contribution in [2.75, 3.05) is 19.7 Å². The number of amides is 1. The number of aromatic nitrogens is 2. The summed E-state index contributed by atoms with van der Waals surface area (Å²) in [6.07, 6.45) is 0.965. The van der Waals surface area contributed by atoms with E-state index >= 15 is 0 Å². The van der Waals surface area contributed by atoms with E-state index in [0.717, 1.165) is 5.52 Å². The fraction of sp³-hybridized carbons (Fsp3) is 0.571.